The second kappa shape index (κ2) is 6.59. The van der Waals surface area contributed by atoms with Gasteiger partial charge in [-0.2, -0.15) is 5.26 Å². The van der Waals surface area contributed by atoms with Gasteiger partial charge in [0.1, 0.15) is 6.07 Å². The molecular weight excluding hydrogens is 264 g/mol. The number of carbonyl (C=O) groups excluding carboxylic acids is 1. The standard InChI is InChI=1S/C16H22N4O/c1-11(2)20(10-16(18)21)15-6-3-12(7-13(15)8-17)9-19-14-4-5-14/h3,6-7,11,14,19H,4-5,9-10H2,1-2H3,(H2,18,21). The van der Waals surface area contributed by atoms with Gasteiger partial charge in [0.2, 0.25) is 5.91 Å². The Kier molecular flexibility index (Phi) is 4.81. The molecule has 0 bridgehead atoms. The van der Waals surface area contributed by atoms with E-state index in [9.17, 15) is 10.1 Å². The molecule has 1 saturated carbocycles. The van der Waals surface area contributed by atoms with Crippen molar-refractivity contribution in [2.45, 2.75) is 45.3 Å². The molecule has 1 aliphatic rings. The number of nitrogens with two attached hydrogens (primary N) is 1. The number of nitrogens with one attached hydrogen (secondary N) is 1. The molecule has 0 heterocycles. The summed E-state index contributed by atoms with van der Waals surface area (Å²) < 4.78 is 0. The average molecular weight is 286 g/mol. The Morgan fingerprint density at radius 2 is 2.24 bits per heavy atom. The summed E-state index contributed by atoms with van der Waals surface area (Å²) in [6.07, 6.45) is 2.48. The minimum Gasteiger partial charge on any atom is -0.368 e. The van der Waals surface area contributed by atoms with Crippen LogP contribution in [0.1, 0.15) is 37.8 Å². The molecule has 1 aromatic carbocycles. The third kappa shape index (κ3) is 4.20. The molecule has 1 amide bonds. The predicted octanol–water partition coefficient (Wildman–Crippen LogP) is 1.51. The second-order valence-corrected chi connectivity index (χ2v) is 5.81. The SMILES string of the molecule is CC(C)N(CC(N)=O)c1ccc(CNC2CC2)cc1C#N. The molecule has 5 nitrogen and oxygen atoms in total. The minimum atomic E-state index is -0.396. The van der Waals surface area contributed by atoms with Crippen LogP contribution in [0.5, 0.6) is 0 Å². The van der Waals surface area contributed by atoms with Crippen LogP contribution < -0.4 is 16.0 Å². The summed E-state index contributed by atoms with van der Waals surface area (Å²) in [5.41, 5.74) is 7.74. The van der Waals surface area contributed by atoms with Gasteiger partial charge in [-0.25, -0.2) is 0 Å². The molecule has 1 aliphatic carbocycles. The van der Waals surface area contributed by atoms with E-state index in [-0.39, 0.29) is 12.6 Å². The molecule has 0 unspecified atom stereocenters. The molecule has 0 radical (unpaired) electrons. The second-order valence-electron chi connectivity index (χ2n) is 5.81. The Balaban J connectivity index is 2.20. The van der Waals surface area contributed by atoms with E-state index in [0.29, 0.717) is 11.6 Å². The zero-order valence-electron chi connectivity index (χ0n) is 12.6. The Labute approximate surface area is 125 Å². The number of amides is 1. The molecule has 0 saturated heterocycles. The van der Waals surface area contributed by atoms with Crippen molar-refractivity contribution >= 4 is 11.6 Å². The number of carbonyl (C=O) groups is 1. The number of rotatable bonds is 7. The maximum absolute atomic E-state index is 11.2. The fraction of sp³-hybridized carbons (Fsp3) is 0.500. The Hall–Kier alpha value is -2.06. The van der Waals surface area contributed by atoms with Crippen molar-refractivity contribution < 1.29 is 4.79 Å². The molecule has 2 rings (SSSR count). The first-order valence-corrected chi connectivity index (χ1v) is 7.32. The van der Waals surface area contributed by atoms with Crippen molar-refractivity contribution in [2.75, 3.05) is 11.4 Å². The van der Waals surface area contributed by atoms with Crippen LogP contribution in [0.15, 0.2) is 18.2 Å². The van der Waals surface area contributed by atoms with Gasteiger partial charge in [-0.3, -0.25) is 4.79 Å². The fourth-order valence-electron chi connectivity index (χ4n) is 2.30. The van der Waals surface area contributed by atoms with Crippen LogP contribution in [-0.2, 0) is 11.3 Å². The summed E-state index contributed by atoms with van der Waals surface area (Å²) in [5.74, 6) is -0.396. The highest BCUT2D eigenvalue weighted by molar-refractivity contribution is 5.80. The van der Waals surface area contributed by atoms with Crippen molar-refractivity contribution in [2.24, 2.45) is 5.73 Å². The first kappa shape index (κ1) is 15.3. The topological polar surface area (TPSA) is 82.2 Å². The third-order valence-electron chi connectivity index (χ3n) is 3.61. The number of primary amides is 1. The lowest BCUT2D eigenvalue weighted by Gasteiger charge is -2.28. The Morgan fingerprint density at radius 3 is 2.76 bits per heavy atom. The van der Waals surface area contributed by atoms with Gasteiger partial charge < -0.3 is 16.0 Å². The number of hydrogen-bond donors (Lipinski definition) is 2. The van der Waals surface area contributed by atoms with Crippen LogP contribution in [0.25, 0.3) is 0 Å². The van der Waals surface area contributed by atoms with Gasteiger partial charge in [0.05, 0.1) is 17.8 Å². The number of nitriles is 1. The minimum absolute atomic E-state index is 0.0973. The molecule has 21 heavy (non-hydrogen) atoms. The average Bonchev–Trinajstić information content (AvgIpc) is 3.26. The summed E-state index contributed by atoms with van der Waals surface area (Å²) in [4.78, 5) is 13.1. The molecule has 112 valence electrons. The van der Waals surface area contributed by atoms with E-state index in [0.717, 1.165) is 17.8 Å². The Bertz CT molecular complexity index is 558. The van der Waals surface area contributed by atoms with E-state index in [1.54, 1.807) is 0 Å². The first-order chi connectivity index (χ1) is 10.0. The molecule has 0 aliphatic heterocycles. The molecule has 3 N–H and O–H groups in total. The maximum atomic E-state index is 11.2. The third-order valence-corrected chi connectivity index (χ3v) is 3.61. The van der Waals surface area contributed by atoms with Gasteiger partial charge in [-0.1, -0.05) is 6.07 Å². The van der Waals surface area contributed by atoms with Gasteiger partial charge in [0.25, 0.3) is 0 Å². The summed E-state index contributed by atoms with van der Waals surface area (Å²) in [5, 5.41) is 12.8. The van der Waals surface area contributed by atoms with E-state index in [1.807, 2.05) is 36.9 Å². The molecule has 0 spiro atoms. The van der Waals surface area contributed by atoms with E-state index >= 15 is 0 Å². The van der Waals surface area contributed by atoms with Crippen LogP contribution >= 0.6 is 0 Å². The van der Waals surface area contributed by atoms with Crippen LogP contribution in [-0.4, -0.2) is 24.5 Å². The lowest BCUT2D eigenvalue weighted by molar-refractivity contribution is -0.116. The van der Waals surface area contributed by atoms with Gasteiger partial charge in [-0.15, -0.1) is 0 Å². The van der Waals surface area contributed by atoms with Crippen LogP contribution in [0, 0.1) is 11.3 Å². The van der Waals surface area contributed by atoms with E-state index in [1.165, 1.54) is 12.8 Å². The van der Waals surface area contributed by atoms with Crippen molar-refractivity contribution in [3.8, 4) is 6.07 Å². The molecule has 0 aromatic heterocycles. The highest BCUT2D eigenvalue weighted by atomic mass is 16.1. The maximum Gasteiger partial charge on any atom is 0.236 e. The summed E-state index contributed by atoms with van der Waals surface area (Å²) in [6, 6.07) is 8.76. The number of benzene rings is 1. The van der Waals surface area contributed by atoms with E-state index in [4.69, 9.17) is 5.73 Å². The smallest absolute Gasteiger partial charge is 0.236 e. The van der Waals surface area contributed by atoms with Crippen LogP contribution in [0.4, 0.5) is 5.69 Å². The van der Waals surface area contributed by atoms with Gasteiger partial charge in [-0.05, 0) is 44.4 Å². The summed E-state index contributed by atoms with van der Waals surface area (Å²) >= 11 is 0. The molecule has 0 atom stereocenters. The Morgan fingerprint density at radius 1 is 1.52 bits per heavy atom. The van der Waals surface area contributed by atoms with E-state index in [2.05, 4.69) is 11.4 Å². The lowest BCUT2D eigenvalue weighted by Crippen LogP contribution is -2.39. The molecule has 1 aromatic rings. The molecule has 5 heteroatoms. The van der Waals surface area contributed by atoms with Crippen LogP contribution in [0.2, 0.25) is 0 Å². The number of nitrogens with zero attached hydrogens (tertiary/aromatic N) is 2. The lowest BCUT2D eigenvalue weighted by atomic mass is 10.1. The van der Waals surface area contributed by atoms with Crippen molar-refractivity contribution in [1.29, 1.82) is 5.26 Å². The van der Waals surface area contributed by atoms with Crippen molar-refractivity contribution in [3.05, 3.63) is 29.3 Å². The summed E-state index contributed by atoms with van der Waals surface area (Å²) in [7, 11) is 0. The zero-order chi connectivity index (χ0) is 15.4. The van der Waals surface area contributed by atoms with Crippen molar-refractivity contribution in [3.63, 3.8) is 0 Å². The van der Waals surface area contributed by atoms with Gasteiger partial charge in [0.15, 0.2) is 0 Å². The van der Waals surface area contributed by atoms with E-state index < -0.39 is 5.91 Å². The predicted molar refractivity (Wildman–Crippen MR) is 82.7 cm³/mol. The number of anilines is 1. The zero-order valence-corrected chi connectivity index (χ0v) is 12.6. The number of hydrogen-bond acceptors (Lipinski definition) is 4. The largest absolute Gasteiger partial charge is 0.368 e. The monoisotopic (exact) mass is 286 g/mol. The van der Waals surface area contributed by atoms with Crippen molar-refractivity contribution in [1.82, 2.24) is 5.32 Å². The first-order valence-electron chi connectivity index (χ1n) is 7.32. The molecule has 1 fully saturated rings. The quantitative estimate of drug-likeness (QED) is 0.796. The molecular formula is C16H22N4O. The fourth-order valence-corrected chi connectivity index (χ4v) is 2.30. The highest BCUT2D eigenvalue weighted by Gasteiger charge is 2.21. The van der Waals surface area contributed by atoms with Crippen LogP contribution in [0.3, 0.4) is 0 Å². The highest BCUT2D eigenvalue weighted by Crippen LogP contribution is 2.24. The normalized spacial score (nSPS) is 14.0. The van der Waals surface area contributed by atoms with Gasteiger partial charge >= 0.3 is 0 Å². The summed E-state index contributed by atoms with van der Waals surface area (Å²) in [6.45, 7) is 4.85. The van der Waals surface area contributed by atoms with Gasteiger partial charge in [0, 0.05) is 18.6 Å².